The molecule has 8 heteroatoms. The van der Waals surface area contributed by atoms with Crippen molar-refractivity contribution in [1.82, 2.24) is 9.13 Å². The van der Waals surface area contributed by atoms with Gasteiger partial charge in [0.25, 0.3) is 5.56 Å². The Morgan fingerprint density at radius 2 is 1.89 bits per heavy atom. The molecule has 0 unspecified atom stereocenters. The molecule has 0 saturated heterocycles. The molecule has 0 aliphatic carbocycles. The molecule has 0 spiro atoms. The van der Waals surface area contributed by atoms with E-state index < -0.39 is 5.69 Å². The molecule has 1 aromatic carbocycles. The lowest BCUT2D eigenvalue weighted by molar-refractivity contribution is -0.116. The number of hydrogen-bond acceptors (Lipinski definition) is 5. The van der Waals surface area contributed by atoms with E-state index in [0.717, 1.165) is 5.56 Å². The van der Waals surface area contributed by atoms with Crippen LogP contribution in [0.5, 0.6) is 0 Å². The third kappa shape index (κ3) is 4.17. The van der Waals surface area contributed by atoms with E-state index in [2.05, 4.69) is 5.32 Å². The van der Waals surface area contributed by atoms with E-state index in [4.69, 9.17) is 4.74 Å². The van der Waals surface area contributed by atoms with E-state index in [1.165, 1.54) is 20.5 Å². The molecule has 1 amide bonds. The lowest BCUT2D eigenvalue weighted by atomic mass is 10.2. The minimum atomic E-state index is -0.485. The van der Waals surface area contributed by atoms with Crippen molar-refractivity contribution in [3.63, 3.8) is 0 Å². The first kappa shape index (κ1) is 19.1. The van der Waals surface area contributed by atoms with Crippen molar-refractivity contribution in [1.29, 1.82) is 0 Å². The van der Waals surface area contributed by atoms with Crippen LogP contribution < -0.4 is 16.6 Å². The first-order valence-electron chi connectivity index (χ1n) is 8.57. The van der Waals surface area contributed by atoms with E-state index >= 15 is 0 Å². The number of ether oxygens (including phenoxy) is 1. The van der Waals surface area contributed by atoms with Gasteiger partial charge in [-0.25, -0.2) is 4.79 Å². The number of benzene rings is 1. The van der Waals surface area contributed by atoms with Crippen molar-refractivity contribution in [2.45, 2.75) is 26.4 Å². The molecule has 2 heterocycles. The number of carbonyl (C=O) groups is 1. The van der Waals surface area contributed by atoms with E-state index in [1.807, 2.05) is 31.2 Å². The van der Waals surface area contributed by atoms with Crippen molar-refractivity contribution in [2.24, 2.45) is 0 Å². The van der Waals surface area contributed by atoms with E-state index in [9.17, 15) is 14.4 Å². The number of methoxy groups -OCH3 is 1. The fourth-order valence-electron chi connectivity index (χ4n) is 2.83. The number of thiophene rings is 1. The number of hydrogen-bond donors (Lipinski definition) is 1. The van der Waals surface area contributed by atoms with E-state index in [-0.39, 0.29) is 24.6 Å². The summed E-state index contributed by atoms with van der Waals surface area (Å²) in [6.07, 6.45) is 0.540. The van der Waals surface area contributed by atoms with Gasteiger partial charge in [0.05, 0.1) is 5.52 Å². The Morgan fingerprint density at radius 3 is 2.59 bits per heavy atom. The summed E-state index contributed by atoms with van der Waals surface area (Å²) in [6.45, 7) is 2.50. The lowest BCUT2D eigenvalue weighted by Crippen LogP contribution is -2.41. The Balaban J connectivity index is 1.91. The van der Waals surface area contributed by atoms with Gasteiger partial charge in [-0.2, -0.15) is 0 Å². The van der Waals surface area contributed by atoms with Crippen LogP contribution in [0.15, 0.2) is 45.3 Å². The van der Waals surface area contributed by atoms with E-state index in [1.54, 1.807) is 18.6 Å². The largest absolute Gasteiger partial charge is 0.385 e. The van der Waals surface area contributed by atoms with Crippen LogP contribution in [0.1, 0.15) is 12.0 Å². The number of nitrogens with zero attached hydrogens (tertiary/aromatic N) is 2. The molecule has 0 saturated carbocycles. The zero-order valence-corrected chi connectivity index (χ0v) is 16.0. The third-order valence-corrected chi connectivity index (χ3v) is 5.10. The number of aryl methyl sites for hydroxylation is 1. The van der Waals surface area contributed by atoms with Crippen LogP contribution >= 0.6 is 11.3 Å². The van der Waals surface area contributed by atoms with Crippen LogP contribution in [0.2, 0.25) is 0 Å². The van der Waals surface area contributed by atoms with Crippen LogP contribution in [0.4, 0.5) is 5.69 Å². The normalized spacial score (nSPS) is 11.0. The van der Waals surface area contributed by atoms with Gasteiger partial charge in [0, 0.05) is 25.9 Å². The van der Waals surface area contributed by atoms with Gasteiger partial charge in [-0.1, -0.05) is 17.7 Å². The molecule has 0 aliphatic heterocycles. The highest BCUT2D eigenvalue weighted by atomic mass is 32.1. The third-order valence-electron chi connectivity index (χ3n) is 4.20. The molecule has 3 aromatic rings. The predicted molar refractivity (Wildman–Crippen MR) is 107 cm³/mol. The standard InChI is InChI=1S/C19H21N3O4S/c1-13-4-6-14(7-5-13)20-16(23)12-22-15-8-11-27-17(15)18(24)21(19(22)25)9-3-10-26-2/h4-8,11H,3,9-10,12H2,1-2H3,(H,20,23). The Bertz CT molecular complexity index is 1060. The van der Waals surface area contributed by atoms with Crippen LogP contribution in [-0.2, 0) is 22.6 Å². The molecule has 0 bridgehead atoms. The molecule has 0 fully saturated rings. The fourth-order valence-corrected chi connectivity index (χ4v) is 3.67. The number of amides is 1. The Hall–Kier alpha value is -2.71. The molecule has 3 rings (SSSR count). The number of fused-ring (bicyclic) bond motifs is 1. The molecule has 1 N–H and O–H groups in total. The van der Waals surface area contributed by atoms with Crippen LogP contribution in [0.3, 0.4) is 0 Å². The number of aromatic nitrogens is 2. The van der Waals surface area contributed by atoms with Gasteiger partial charge in [-0.3, -0.25) is 18.7 Å². The summed E-state index contributed by atoms with van der Waals surface area (Å²) in [7, 11) is 1.57. The summed E-state index contributed by atoms with van der Waals surface area (Å²) < 4.78 is 8.00. The topological polar surface area (TPSA) is 82.3 Å². The summed E-state index contributed by atoms with van der Waals surface area (Å²) in [5.41, 5.74) is 1.43. The predicted octanol–water partition coefficient (Wildman–Crippen LogP) is 2.21. The molecule has 27 heavy (non-hydrogen) atoms. The van der Waals surface area contributed by atoms with Gasteiger partial charge in [-0.05, 0) is 36.9 Å². The number of carbonyl (C=O) groups excluding carboxylic acids is 1. The Morgan fingerprint density at radius 1 is 1.15 bits per heavy atom. The highest BCUT2D eigenvalue weighted by Crippen LogP contribution is 2.15. The van der Waals surface area contributed by atoms with Crippen LogP contribution in [0.25, 0.3) is 10.2 Å². The molecular formula is C19H21N3O4S. The minimum Gasteiger partial charge on any atom is -0.385 e. The highest BCUT2D eigenvalue weighted by Gasteiger charge is 2.16. The van der Waals surface area contributed by atoms with Crippen LogP contribution in [0, 0.1) is 6.92 Å². The summed E-state index contributed by atoms with van der Waals surface area (Å²) in [5, 5.41) is 4.53. The Kier molecular flexibility index (Phi) is 5.88. The molecule has 7 nitrogen and oxygen atoms in total. The van der Waals surface area contributed by atoms with Gasteiger partial charge in [0.2, 0.25) is 5.91 Å². The maximum Gasteiger partial charge on any atom is 0.332 e. The van der Waals surface area contributed by atoms with E-state index in [0.29, 0.717) is 28.9 Å². The summed E-state index contributed by atoms with van der Waals surface area (Å²) in [4.78, 5) is 37.9. The summed E-state index contributed by atoms with van der Waals surface area (Å²) in [6, 6.07) is 9.11. The van der Waals surface area contributed by atoms with Gasteiger partial charge < -0.3 is 10.1 Å². The van der Waals surface area contributed by atoms with Gasteiger partial charge in [0.1, 0.15) is 11.2 Å². The van der Waals surface area contributed by atoms with Crippen molar-refractivity contribution in [2.75, 3.05) is 19.0 Å². The van der Waals surface area contributed by atoms with Crippen molar-refractivity contribution in [3.8, 4) is 0 Å². The smallest absolute Gasteiger partial charge is 0.332 e. The monoisotopic (exact) mass is 387 g/mol. The Labute approximate surface area is 159 Å². The summed E-state index contributed by atoms with van der Waals surface area (Å²) in [5.74, 6) is -0.324. The number of rotatable bonds is 7. The molecule has 142 valence electrons. The van der Waals surface area contributed by atoms with Gasteiger partial charge in [-0.15, -0.1) is 11.3 Å². The molecule has 0 atom stereocenters. The zero-order chi connectivity index (χ0) is 19.4. The van der Waals surface area contributed by atoms with Gasteiger partial charge in [0.15, 0.2) is 0 Å². The molecule has 0 aliphatic rings. The molecule has 0 radical (unpaired) electrons. The second-order valence-electron chi connectivity index (χ2n) is 6.22. The second kappa shape index (κ2) is 8.32. The average Bonchev–Trinajstić information content (AvgIpc) is 3.13. The molecule has 2 aromatic heterocycles. The zero-order valence-electron chi connectivity index (χ0n) is 15.2. The first-order chi connectivity index (χ1) is 13.0. The number of anilines is 1. The fraction of sp³-hybridized carbons (Fsp3) is 0.316. The lowest BCUT2D eigenvalue weighted by Gasteiger charge is -2.12. The maximum absolute atomic E-state index is 12.8. The maximum atomic E-state index is 12.8. The SMILES string of the molecule is COCCCn1c(=O)c2sccc2n(CC(=O)Nc2ccc(C)cc2)c1=O. The quantitative estimate of drug-likeness (QED) is 0.630. The van der Waals surface area contributed by atoms with Crippen molar-refractivity contribution in [3.05, 3.63) is 62.1 Å². The summed E-state index contributed by atoms with van der Waals surface area (Å²) >= 11 is 1.27. The van der Waals surface area contributed by atoms with Gasteiger partial charge >= 0.3 is 5.69 Å². The minimum absolute atomic E-state index is 0.162. The van der Waals surface area contributed by atoms with Crippen molar-refractivity contribution >= 4 is 33.1 Å². The average molecular weight is 387 g/mol. The number of nitrogens with one attached hydrogen (secondary N) is 1. The highest BCUT2D eigenvalue weighted by molar-refractivity contribution is 7.17. The second-order valence-corrected chi connectivity index (χ2v) is 7.14. The molecular weight excluding hydrogens is 366 g/mol. The first-order valence-corrected chi connectivity index (χ1v) is 9.45. The van der Waals surface area contributed by atoms with Crippen LogP contribution in [-0.4, -0.2) is 28.8 Å². The van der Waals surface area contributed by atoms with Crippen molar-refractivity contribution < 1.29 is 9.53 Å².